The van der Waals surface area contributed by atoms with E-state index in [1.807, 2.05) is 46.7 Å². The number of alkyl halides is 3. The Morgan fingerprint density at radius 3 is 2.21 bits per heavy atom. The number of nitrogens with zero attached hydrogens (tertiary/aromatic N) is 3. The lowest BCUT2D eigenvalue weighted by Crippen LogP contribution is -2.38. The van der Waals surface area contributed by atoms with Gasteiger partial charge in [-0.2, -0.15) is 13.2 Å². The van der Waals surface area contributed by atoms with Crippen molar-refractivity contribution in [3.63, 3.8) is 0 Å². The van der Waals surface area contributed by atoms with E-state index in [4.69, 9.17) is 9.72 Å². The highest BCUT2D eigenvalue weighted by Gasteiger charge is 2.32. The molecule has 1 unspecified atom stereocenters. The van der Waals surface area contributed by atoms with Crippen molar-refractivity contribution in [1.29, 1.82) is 0 Å². The normalized spacial score (nSPS) is 13.9. The van der Waals surface area contributed by atoms with Gasteiger partial charge in [-0.1, -0.05) is 110 Å². The Morgan fingerprint density at radius 1 is 0.862 bits per heavy atom. The molecule has 0 N–H and O–H groups in total. The van der Waals surface area contributed by atoms with Gasteiger partial charge >= 0.3 is 6.18 Å². The Bertz CT molecular complexity index is 2300. The van der Waals surface area contributed by atoms with E-state index in [2.05, 4.69) is 49.4 Å². The van der Waals surface area contributed by atoms with Crippen LogP contribution in [0.5, 0.6) is 5.75 Å². The molecule has 1 aromatic heterocycles. The van der Waals surface area contributed by atoms with Crippen LogP contribution in [-0.4, -0.2) is 53.3 Å². The predicted molar refractivity (Wildman–Crippen MR) is 223 cm³/mol. The van der Waals surface area contributed by atoms with Gasteiger partial charge in [0.15, 0.2) is 0 Å². The number of hydrogen-bond donors (Lipinski definition) is 0. The molecule has 2 heterocycles. The van der Waals surface area contributed by atoms with Crippen molar-refractivity contribution in [3.8, 4) is 16.9 Å². The quantitative estimate of drug-likeness (QED) is 0.117. The number of methoxy groups -OCH3 is 1. The first kappa shape index (κ1) is 40.5. The summed E-state index contributed by atoms with van der Waals surface area (Å²) in [7, 11) is 1.69. The lowest BCUT2D eigenvalue weighted by Gasteiger charge is -2.33. The molecule has 0 radical (unpaired) electrons. The van der Waals surface area contributed by atoms with Gasteiger partial charge in [-0.05, 0) is 89.8 Å². The molecule has 0 aliphatic carbocycles. The smallest absolute Gasteiger partial charge is 0.416 e. The predicted octanol–water partition coefficient (Wildman–Crippen LogP) is 11.1. The monoisotopic (exact) mass is 801 g/mol. The molecule has 10 heteroatoms. The Morgan fingerprint density at radius 2 is 1.53 bits per heavy atom. The van der Waals surface area contributed by atoms with Crippen LogP contribution in [0, 0.1) is 0 Å². The number of ether oxygens (including phenoxy) is 1. The second kappa shape index (κ2) is 18.2. The lowest BCUT2D eigenvalue weighted by atomic mass is 9.94. The molecule has 5 aromatic carbocycles. The first-order valence-corrected chi connectivity index (χ1v) is 20.6. The zero-order chi connectivity index (χ0) is 40.6. The number of carbonyl (C=O) groups excluding carboxylic acids is 2. The average Bonchev–Trinajstić information content (AvgIpc) is 3.77. The van der Waals surface area contributed by atoms with Gasteiger partial charge in [0, 0.05) is 36.5 Å². The molecule has 1 aliphatic rings. The van der Waals surface area contributed by atoms with Crippen molar-refractivity contribution in [2.24, 2.45) is 0 Å². The number of amides is 2. The number of piperidine rings is 1. The zero-order valence-corrected chi connectivity index (χ0v) is 33.4. The number of likely N-dealkylation sites (tertiary alicyclic amines) is 1. The minimum Gasteiger partial charge on any atom is -0.496 e. The summed E-state index contributed by atoms with van der Waals surface area (Å²) in [6.07, 6.45) is -0.949. The van der Waals surface area contributed by atoms with Crippen LogP contribution in [0.25, 0.3) is 11.1 Å². The van der Waals surface area contributed by atoms with Crippen LogP contribution < -0.4 is 4.74 Å². The molecule has 6 aromatic rings. The second-order valence-electron chi connectivity index (χ2n) is 14.6. The number of thiazole rings is 1. The SMILES string of the molecule is CCc1ccc(CCN(C(=O)c2csc(C3CCN(C(=O)c4ccccc4-c4ccc(C(F)(F)F)cc4)CC3)n2)C(Cc2ccccc2)c2ccccc2)cc1OC. The molecule has 58 heavy (non-hydrogen) atoms. The molecule has 0 spiro atoms. The van der Waals surface area contributed by atoms with Gasteiger partial charge < -0.3 is 14.5 Å². The van der Waals surface area contributed by atoms with E-state index in [-0.39, 0.29) is 23.8 Å². The van der Waals surface area contributed by atoms with Crippen LogP contribution in [0.3, 0.4) is 0 Å². The molecule has 1 fully saturated rings. The van der Waals surface area contributed by atoms with Crippen molar-refractivity contribution in [2.45, 2.75) is 57.2 Å². The maximum atomic E-state index is 14.7. The molecule has 1 aliphatic heterocycles. The number of carbonyl (C=O) groups is 2. The standard InChI is InChI=1S/C48H46F3N3O3S/c1-3-35-19-18-34(31-44(35)57-2)24-29-54(43(37-14-8-5-9-15-37)30-33-12-6-4-7-13-33)47(56)42-32-58-45(52-42)38-25-27-53(28-26-38)46(55)41-17-11-10-16-40(41)36-20-22-39(23-21-36)48(49,50)51/h4-23,31-32,38,43H,3,24-30H2,1-2H3. The van der Waals surface area contributed by atoms with Crippen molar-refractivity contribution in [3.05, 3.63) is 177 Å². The number of rotatable bonds is 13. The summed E-state index contributed by atoms with van der Waals surface area (Å²) in [5, 5.41) is 2.74. The first-order valence-electron chi connectivity index (χ1n) is 19.7. The maximum Gasteiger partial charge on any atom is 0.416 e. The van der Waals surface area contributed by atoms with Crippen molar-refractivity contribution < 1.29 is 27.5 Å². The topological polar surface area (TPSA) is 62.7 Å². The third-order valence-electron chi connectivity index (χ3n) is 11.0. The number of aromatic nitrogens is 1. The van der Waals surface area contributed by atoms with E-state index >= 15 is 0 Å². The van der Waals surface area contributed by atoms with Gasteiger partial charge in [0.1, 0.15) is 11.4 Å². The molecule has 6 nitrogen and oxygen atoms in total. The van der Waals surface area contributed by atoms with Crippen LogP contribution in [-0.2, 0) is 25.4 Å². The molecule has 0 bridgehead atoms. The van der Waals surface area contributed by atoms with E-state index < -0.39 is 11.7 Å². The molecular formula is C48H46F3N3O3S. The van der Waals surface area contributed by atoms with Crippen LogP contribution in [0.1, 0.15) is 85.4 Å². The lowest BCUT2D eigenvalue weighted by molar-refractivity contribution is -0.137. The second-order valence-corrected chi connectivity index (χ2v) is 15.5. The summed E-state index contributed by atoms with van der Waals surface area (Å²) in [6, 6.07) is 38.4. The molecule has 1 atom stereocenters. The van der Waals surface area contributed by atoms with E-state index in [0.29, 0.717) is 67.7 Å². The Hall–Kier alpha value is -5.74. The van der Waals surface area contributed by atoms with E-state index in [9.17, 15) is 22.8 Å². The summed E-state index contributed by atoms with van der Waals surface area (Å²) in [6.45, 7) is 3.56. The van der Waals surface area contributed by atoms with Gasteiger partial charge in [-0.25, -0.2) is 4.98 Å². The van der Waals surface area contributed by atoms with Crippen LogP contribution in [0.15, 0.2) is 133 Å². The van der Waals surface area contributed by atoms with Gasteiger partial charge in [-0.15, -0.1) is 11.3 Å². The zero-order valence-electron chi connectivity index (χ0n) is 32.6. The number of hydrogen-bond acceptors (Lipinski definition) is 5. The number of aryl methyl sites for hydroxylation is 1. The van der Waals surface area contributed by atoms with Crippen LogP contribution >= 0.6 is 11.3 Å². The minimum absolute atomic E-state index is 0.0768. The average molecular weight is 802 g/mol. The van der Waals surface area contributed by atoms with Crippen LogP contribution in [0.4, 0.5) is 13.2 Å². The van der Waals surface area contributed by atoms with Gasteiger partial charge in [-0.3, -0.25) is 9.59 Å². The fourth-order valence-corrected chi connectivity index (χ4v) is 8.75. The molecular weight excluding hydrogens is 756 g/mol. The first-order chi connectivity index (χ1) is 28.1. The summed E-state index contributed by atoms with van der Waals surface area (Å²) < 4.78 is 45.3. The molecule has 7 rings (SSSR count). The van der Waals surface area contributed by atoms with Crippen molar-refractivity contribution >= 4 is 23.2 Å². The fourth-order valence-electron chi connectivity index (χ4n) is 7.79. The molecule has 1 saturated heterocycles. The largest absolute Gasteiger partial charge is 0.496 e. The summed E-state index contributed by atoms with van der Waals surface area (Å²) in [4.78, 5) is 37.3. The summed E-state index contributed by atoms with van der Waals surface area (Å²) in [5.74, 6) is 0.638. The molecule has 298 valence electrons. The Balaban J connectivity index is 1.09. The Labute approximate surface area is 341 Å². The molecule has 0 saturated carbocycles. The van der Waals surface area contributed by atoms with E-state index in [1.165, 1.54) is 23.5 Å². The van der Waals surface area contributed by atoms with Crippen LogP contribution in [0.2, 0.25) is 0 Å². The van der Waals surface area contributed by atoms with Gasteiger partial charge in [0.05, 0.1) is 23.7 Å². The minimum atomic E-state index is -4.44. The number of halogens is 3. The van der Waals surface area contributed by atoms with Crippen molar-refractivity contribution in [2.75, 3.05) is 26.7 Å². The summed E-state index contributed by atoms with van der Waals surface area (Å²) in [5.41, 5.74) is 5.67. The highest BCUT2D eigenvalue weighted by Crippen LogP contribution is 2.35. The van der Waals surface area contributed by atoms with Gasteiger partial charge in [0.25, 0.3) is 11.8 Å². The fraction of sp³-hybridized carbons (Fsp3) is 0.271. The highest BCUT2D eigenvalue weighted by molar-refractivity contribution is 7.09. The number of benzene rings is 5. The summed E-state index contributed by atoms with van der Waals surface area (Å²) >= 11 is 1.49. The highest BCUT2D eigenvalue weighted by atomic mass is 32.1. The van der Waals surface area contributed by atoms with E-state index in [0.717, 1.165) is 51.6 Å². The Kier molecular flexibility index (Phi) is 12.7. The van der Waals surface area contributed by atoms with Crippen molar-refractivity contribution in [1.82, 2.24) is 14.8 Å². The third-order valence-corrected chi connectivity index (χ3v) is 12.0. The maximum absolute atomic E-state index is 14.7. The molecule has 2 amide bonds. The third kappa shape index (κ3) is 9.34. The van der Waals surface area contributed by atoms with E-state index in [1.54, 1.807) is 36.3 Å². The van der Waals surface area contributed by atoms with Gasteiger partial charge in [0.2, 0.25) is 0 Å².